The molecule has 6 heteroatoms. The molecule has 0 bridgehead atoms. The molecule has 2 aromatic carbocycles. The SMILES string of the molecule is CN(Cc1cc2ccccc2o1)C(=O)Cc1cccc([N+](=O)[O-])c1. The number of furan rings is 1. The van der Waals surface area contributed by atoms with Gasteiger partial charge in [0.15, 0.2) is 0 Å². The molecule has 0 aliphatic carbocycles. The van der Waals surface area contributed by atoms with Crippen molar-refractivity contribution in [2.75, 3.05) is 7.05 Å². The summed E-state index contributed by atoms with van der Waals surface area (Å²) in [6.07, 6.45) is 0.110. The van der Waals surface area contributed by atoms with Crippen LogP contribution in [0.2, 0.25) is 0 Å². The molecule has 0 aliphatic rings. The summed E-state index contributed by atoms with van der Waals surface area (Å²) in [6, 6.07) is 15.7. The van der Waals surface area contributed by atoms with Crippen LogP contribution in [-0.4, -0.2) is 22.8 Å². The number of rotatable bonds is 5. The number of fused-ring (bicyclic) bond motifs is 1. The lowest BCUT2D eigenvalue weighted by Crippen LogP contribution is -2.27. The van der Waals surface area contributed by atoms with Gasteiger partial charge in [-0.1, -0.05) is 30.3 Å². The van der Waals surface area contributed by atoms with Gasteiger partial charge >= 0.3 is 0 Å². The van der Waals surface area contributed by atoms with Crippen molar-refractivity contribution in [2.24, 2.45) is 0 Å². The molecule has 0 saturated carbocycles. The van der Waals surface area contributed by atoms with E-state index in [2.05, 4.69) is 0 Å². The summed E-state index contributed by atoms with van der Waals surface area (Å²) in [7, 11) is 1.69. The van der Waals surface area contributed by atoms with E-state index in [1.54, 1.807) is 24.1 Å². The molecule has 0 unspecified atom stereocenters. The smallest absolute Gasteiger partial charge is 0.269 e. The highest BCUT2D eigenvalue weighted by Crippen LogP contribution is 2.20. The average molecular weight is 324 g/mol. The van der Waals surface area contributed by atoms with Crippen molar-refractivity contribution in [3.63, 3.8) is 0 Å². The number of para-hydroxylation sites is 1. The van der Waals surface area contributed by atoms with Gasteiger partial charge in [-0.3, -0.25) is 14.9 Å². The largest absolute Gasteiger partial charge is 0.459 e. The lowest BCUT2D eigenvalue weighted by Gasteiger charge is -2.15. The molecule has 24 heavy (non-hydrogen) atoms. The van der Waals surface area contributed by atoms with Crippen LogP contribution >= 0.6 is 0 Å². The van der Waals surface area contributed by atoms with E-state index in [1.165, 1.54) is 12.1 Å². The van der Waals surface area contributed by atoms with Crippen molar-refractivity contribution >= 4 is 22.6 Å². The first-order chi connectivity index (χ1) is 11.5. The minimum Gasteiger partial charge on any atom is -0.459 e. The van der Waals surface area contributed by atoms with E-state index in [1.807, 2.05) is 30.3 Å². The Morgan fingerprint density at radius 1 is 1.17 bits per heavy atom. The number of nitro groups is 1. The Labute approximate surface area is 138 Å². The van der Waals surface area contributed by atoms with Gasteiger partial charge in [-0.05, 0) is 17.7 Å². The number of non-ortho nitro benzene ring substituents is 1. The zero-order valence-corrected chi connectivity index (χ0v) is 13.1. The van der Waals surface area contributed by atoms with E-state index in [-0.39, 0.29) is 18.0 Å². The van der Waals surface area contributed by atoms with E-state index in [4.69, 9.17) is 4.42 Å². The maximum absolute atomic E-state index is 12.3. The molecule has 1 amide bonds. The zero-order valence-electron chi connectivity index (χ0n) is 13.1. The highest BCUT2D eigenvalue weighted by atomic mass is 16.6. The number of amides is 1. The number of nitrogens with zero attached hydrogens (tertiary/aromatic N) is 2. The van der Waals surface area contributed by atoms with E-state index in [0.29, 0.717) is 17.9 Å². The predicted octanol–water partition coefficient (Wildman–Crippen LogP) is 3.54. The minimum absolute atomic E-state index is 0.0137. The maximum Gasteiger partial charge on any atom is 0.269 e. The number of hydrogen-bond donors (Lipinski definition) is 0. The first kappa shape index (κ1) is 15.7. The Balaban J connectivity index is 1.68. The number of carbonyl (C=O) groups is 1. The molecule has 3 aromatic rings. The van der Waals surface area contributed by atoms with Crippen molar-refractivity contribution in [3.05, 3.63) is 76.0 Å². The molecule has 0 spiro atoms. The van der Waals surface area contributed by atoms with E-state index >= 15 is 0 Å². The third kappa shape index (κ3) is 3.43. The normalized spacial score (nSPS) is 10.7. The third-order valence-electron chi connectivity index (χ3n) is 3.77. The number of hydrogen-bond acceptors (Lipinski definition) is 4. The van der Waals surface area contributed by atoms with Gasteiger partial charge in [-0.15, -0.1) is 0 Å². The van der Waals surface area contributed by atoms with Crippen molar-refractivity contribution in [2.45, 2.75) is 13.0 Å². The second kappa shape index (κ2) is 6.54. The second-order valence-corrected chi connectivity index (χ2v) is 5.60. The van der Waals surface area contributed by atoms with Crippen molar-refractivity contribution in [1.82, 2.24) is 4.90 Å². The third-order valence-corrected chi connectivity index (χ3v) is 3.77. The highest BCUT2D eigenvalue weighted by Gasteiger charge is 2.14. The number of nitro benzene ring substituents is 1. The summed E-state index contributed by atoms with van der Waals surface area (Å²) in [5.74, 6) is 0.571. The molecule has 6 nitrogen and oxygen atoms in total. The Kier molecular flexibility index (Phi) is 4.29. The molecule has 0 N–H and O–H groups in total. The summed E-state index contributed by atoms with van der Waals surface area (Å²) < 4.78 is 5.71. The van der Waals surface area contributed by atoms with Gasteiger partial charge in [0, 0.05) is 24.6 Å². The Morgan fingerprint density at radius 3 is 2.71 bits per heavy atom. The fourth-order valence-electron chi connectivity index (χ4n) is 2.53. The van der Waals surface area contributed by atoms with E-state index < -0.39 is 4.92 Å². The number of benzene rings is 2. The Bertz CT molecular complexity index is 868. The zero-order chi connectivity index (χ0) is 17.1. The molecule has 1 aromatic heterocycles. The summed E-state index contributed by atoms with van der Waals surface area (Å²) >= 11 is 0. The lowest BCUT2D eigenvalue weighted by molar-refractivity contribution is -0.384. The summed E-state index contributed by atoms with van der Waals surface area (Å²) in [5.41, 5.74) is 1.39. The minimum atomic E-state index is -0.466. The van der Waals surface area contributed by atoms with Crippen LogP contribution in [0.4, 0.5) is 5.69 Å². The second-order valence-electron chi connectivity index (χ2n) is 5.60. The topological polar surface area (TPSA) is 76.6 Å². The van der Waals surface area contributed by atoms with Crippen LogP contribution < -0.4 is 0 Å². The quantitative estimate of drug-likeness (QED) is 0.531. The van der Waals surface area contributed by atoms with Crippen LogP contribution in [0.25, 0.3) is 11.0 Å². The first-order valence-corrected chi connectivity index (χ1v) is 7.47. The molecule has 0 radical (unpaired) electrons. The highest BCUT2D eigenvalue weighted by molar-refractivity contribution is 5.80. The van der Waals surface area contributed by atoms with E-state index in [9.17, 15) is 14.9 Å². The van der Waals surface area contributed by atoms with Gasteiger partial charge in [0.2, 0.25) is 5.91 Å². The Morgan fingerprint density at radius 2 is 1.96 bits per heavy atom. The van der Waals surface area contributed by atoms with Crippen LogP contribution in [0, 0.1) is 10.1 Å². The van der Waals surface area contributed by atoms with Gasteiger partial charge in [-0.2, -0.15) is 0 Å². The number of carbonyl (C=O) groups excluding carboxylic acids is 1. The molecular formula is C18H16N2O4. The lowest BCUT2D eigenvalue weighted by atomic mass is 10.1. The molecule has 122 valence electrons. The van der Waals surface area contributed by atoms with Gasteiger partial charge in [-0.25, -0.2) is 0 Å². The van der Waals surface area contributed by atoms with Crippen LogP contribution in [0.15, 0.2) is 59.0 Å². The predicted molar refractivity (Wildman–Crippen MR) is 89.5 cm³/mol. The van der Waals surface area contributed by atoms with Crippen molar-refractivity contribution < 1.29 is 14.1 Å². The molecule has 1 heterocycles. The molecular weight excluding hydrogens is 308 g/mol. The van der Waals surface area contributed by atoms with Gasteiger partial charge in [0.25, 0.3) is 5.69 Å². The fraction of sp³-hybridized carbons (Fsp3) is 0.167. The summed E-state index contributed by atoms with van der Waals surface area (Å²) in [5, 5.41) is 11.8. The molecule has 0 aliphatic heterocycles. The molecule has 3 rings (SSSR count). The fourth-order valence-corrected chi connectivity index (χ4v) is 2.53. The first-order valence-electron chi connectivity index (χ1n) is 7.47. The van der Waals surface area contributed by atoms with Crippen LogP contribution in [0.3, 0.4) is 0 Å². The van der Waals surface area contributed by atoms with E-state index in [0.717, 1.165) is 11.0 Å². The van der Waals surface area contributed by atoms with Gasteiger partial charge < -0.3 is 9.32 Å². The maximum atomic E-state index is 12.3. The standard InChI is InChI=1S/C18H16N2O4/c1-19(12-16-11-14-6-2-3-8-17(14)24-16)18(21)10-13-5-4-7-15(9-13)20(22)23/h2-9,11H,10,12H2,1H3. The summed E-state index contributed by atoms with van der Waals surface area (Å²) in [4.78, 5) is 24.2. The van der Waals surface area contributed by atoms with Crippen molar-refractivity contribution in [1.29, 1.82) is 0 Å². The van der Waals surface area contributed by atoms with Crippen LogP contribution in [-0.2, 0) is 17.8 Å². The van der Waals surface area contributed by atoms with Crippen LogP contribution in [0.1, 0.15) is 11.3 Å². The van der Waals surface area contributed by atoms with Crippen molar-refractivity contribution in [3.8, 4) is 0 Å². The summed E-state index contributed by atoms with van der Waals surface area (Å²) in [6.45, 7) is 0.350. The molecule has 0 atom stereocenters. The average Bonchev–Trinajstić information content (AvgIpc) is 2.97. The number of likely N-dealkylation sites (N-methyl/N-ethyl adjacent to an activating group) is 1. The van der Waals surface area contributed by atoms with Gasteiger partial charge in [0.05, 0.1) is 17.9 Å². The molecule has 0 saturated heterocycles. The monoisotopic (exact) mass is 324 g/mol. The van der Waals surface area contributed by atoms with Gasteiger partial charge in [0.1, 0.15) is 11.3 Å². The Hall–Kier alpha value is -3.15. The van der Waals surface area contributed by atoms with Crippen LogP contribution in [0.5, 0.6) is 0 Å². The molecule has 0 fully saturated rings.